The minimum Gasteiger partial charge on any atom is -0.390 e. The summed E-state index contributed by atoms with van der Waals surface area (Å²) in [6, 6.07) is 10.0. The minimum atomic E-state index is -0.734. The van der Waals surface area contributed by atoms with Crippen LogP contribution in [0.2, 0.25) is 0 Å². The van der Waals surface area contributed by atoms with Gasteiger partial charge in [0.2, 0.25) is 0 Å². The molecule has 0 saturated heterocycles. The Morgan fingerprint density at radius 3 is 2.69 bits per heavy atom. The molecule has 0 heterocycles. The Balaban J connectivity index is 2.02. The van der Waals surface area contributed by atoms with Crippen molar-refractivity contribution in [3.05, 3.63) is 35.9 Å². The van der Waals surface area contributed by atoms with Crippen molar-refractivity contribution in [2.24, 2.45) is 11.7 Å². The summed E-state index contributed by atoms with van der Waals surface area (Å²) in [5, 5.41) is 9.81. The normalized spacial score (nSPS) is 34.6. The Labute approximate surface area is 98.9 Å². The summed E-state index contributed by atoms with van der Waals surface area (Å²) in [4.78, 5) is 0. The van der Waals surface area contributed by atoms with Crippen LogP contribution in [0.1, 0.15) is 33.6 Å². The van der Waals surface area contributed by atoms with Gasteiger partial charge in [-0.2, -0.15) is 0 Å². The van der Waals surface area contributed by atoms with E-state index in [1.807, 2.05) is 30.3 Å². The van der Waals surface area contributed by atoms with Gasteiger partial charge in [0.15, 0.2) is 0 Å². The maximum Gasteiger partial charge on any atom is 0.0595 e. The maximum atomic E-state index is 9.81. The fourth-order valence-electron chi connectivity index (χ4n) is 2.25. The third kappa shape index (κ3) is 2.83. The Hall–Kier alpha value is -0.860. The van der Waals surface area contributed by atoms with Gasteiger partial charge in [0.25, 0.3) is 0 Å². The molecular weight excluding hydrogens is 198 g/mol. The first-order chi connectivity index (χ1) is 7.83. The van der Waals surface area contributed by atoms with Gasteiger partial charge in [0.05, 0.1) is 5.60 Å². The molecule has 3 N–H and O–H groups in total. The molecule has 1 aliphatic rings. The summed E-state index contributed by atoms with van der Waals surface area (Å²) in [6.45, 7) is 3.56. The van der Waals surface area contributed by atoms with Crippen LogP contribution in [0.4, 0.5) is 0 Å². The number of benzene rings is 1. The van der Waals surface area contributed by atoms with Gasteiger partial charge in [-0.15, -0.1) is 0 Å². The van der Waals surface area contributed by atoms with Crippen LogP contribution < -0.4 is 5.73 Å². The van der Waals surface area contributed by atoms with Crippen molar-refractivity contribution >= 4 is 0 Å². The molecule has 1 aromatic rings. The van der Waals surface area contributed by atoms with Gasteiger partial charge >= 0.3 is 0 Å². The van der Waals surface area contributed by atoms with E-state index >= 15 is 0 Å². The first kappa shape index (κ1) is 10.3. The molecule has 88 valence electrons. The van der Waals surface area contributed by atoms with Crippen molar-refractivity contribution < 1.29 is 6.48 Å². The van der Waals surface area contributed by atoms with Gasteiger partial charge in [0, 0.05) is 6.91 Å². The molecule has 0 aliphatic heterocycles. The average molecular weight is 220 g/mol. The smallest absolute Gasteiger partial charge is 0.0595 e. The van der Waals surface area contributed by atoms with Crippen LogP contribution in [0, 0.1) is 5.92 Å². The summed E-state index contributed by atoms with van der Waals surface area (Å²) in [5.41, 5.74) is 6.26. The summed E-state index contributed by atoms with van der Waals surface area (Å²) in [5.74, 6) is 0.0997. The molecule has 2 heteroatoms. The molecule has 1 aromatic carbocycles. The SMILES string of the molecule is [2H][C@H]1[C@H](CC(C)(C)O)[C@@]1(N)Cc1ccccc1. The number of hydrogen-bond acceptors (Lipinski definition) is 2. The van der Waals surface area contributed by atoms with E-state index in [0.29, 0.717) is 6.42 Å². The van der Waals surface area contributed by atoms with Gasteiger partial charge in [-0.25, -0.2) is 0 Å². The van der Waals surface area contributed by atoms with E-state index in [0.717, 1.165) is 6.42 Å². The van der Waals surface area contributed by atoms with Gasteiger partial charge in [-0.1, -0.05) is 30.3 Å². The number of aliphatic hydroxyl groups is 1. The summed E-state index contributed by atoms with van der Waals surface area (Å²) in [6.07, 6.45) is 1.07. The number of hydrogen-bond donors (Lipinski definition) is 2. The molecule has 1 fully saturated rings. The molecular formula is C14H21NO. The van der Waals surface area contributed by atoms with Crippen LogP contribution in [-0.2, 0) is 6.42 Å². The topological polar surface area (TPSA) is 46.2 Å². The Bertz CT molecular complexity index is 387. The molecule has 0 spiro atoms. The van der Waals surface area contributed by atoms with Crippen LogP contribution in [0.25, 0.3) is 0 Å². The zero-order chi connectivity index (χ0) is 12.7. The highest BCUT2D eigenvalue weighted by Crippen LogP contribution is 2.47. The third-order valence-electron chi connectivity index (χ3n) is 3.17. The van der Waals surface area contributed by atoms with E-state index in [-0.39, 0.29) is 12.3 Å². The molecule has 0 amide bonds. The lowest BCUT2D eigenvalue weighted by Gasteiger charge is -2.19. The highest BCUT2D eigenvalue weighted by atomic mass is 16.3. The monoisotopic (exact) mass is 220 g/mol. The van der Waals surface area contributed by atoms with Crippen molar-refractivity contribution in [3.63, 3.8) is 0 Å². The largest absolute Gasteiger partial charge is 0.390 e. The van der Waals surface area contributed by atoms with Gasteiger partial charge in [-0.3, -0.25) is 0 Å². The second-order valence-corrected chi connectivity index (χ2v) is 5.56. The van der Waals surface area contributed by atoms with Gasteiger partial charge < -0.3 is 10.8 Å². The van der Waals surface area contributed by atoms with Crippen LogP contribution >= 0.6 is 0 Å². The first-order valence-electron chi connectivity index (χ1n) is 6.38. The van der Waals surface area contributed by atoms with Crippen LogP contribution in [0.5, 0.6) is 0 Å². The van der Waals surface area contributed by atoms with Crippen molar-refractivity contribution in [2.75, 3.05) is 0 Å². The predicted molar refractivity (Wildman–Crippen MR) is 66.1 cm³/mol. The molecule has 2 rings (SSSR count). The van der Waals surface area contributed by atoms with Crippen molar-refractivity contribution in [1.29, 1.82) is 0 Å². The summed E-state index contributed by atoms with van der Waals surface area (Å²) in [7, 11) is 0. The highest BCUT2D eigenvalue weighted by Gasteiger charge is 2.51. The lowest BCUT2D eigenvalue weighted by atomic mass is 9.96. The van der Waals surface area contributed by atoms with Crippen molar-refractivity contribution in [3.8, 4) is 0 Å². The van der Waals surface area contributed by atoms with Crippen molar-refractivity contribution in [1.82, 2.24) is 0 Å². The predicted octanol–water partition coefficient (Wildman–Crippen LogP) is 2.11. The van der Waals surface area contributed by atoms with Crippen LogP contribution in [0.15, 0.2) is 30.3 Å². The van der Waals surface area contributed by atoms with Gasteiger partial charge in [0.1, 0.15) is 0 Å². The van der Waals surface area contributed by atoms with E-state index in [1.165, 1.54) is 5.56 Å². The second-order valence-electron chi connectivity index (χ2n) is 5.56. The van der Waals surface area contributed by atoms with E-state index in [1.54, 1.807) is 13.8 Å². The molecule has 1 saturated carbocycles. The summed E-state index contributed by atoms with van der Waals surface area (Å²) >= 11 is 0. The van der Waals surface area contributed by atoms with Crippen molar-refractivity contribution in [2.45, 2.75) is 44.2 Å². The molecule has 0 unspecified atom stereocenters. The minimum absolute atomic E-state index is 0.0997. The molecule has 2 nitrogen and oxygen atoms in total. The molecule has 1 aliphatic carbocycles. The van der Waals surface area contributed by atoms with Gasteiger partial charge in [-0.05, 0) is 44.6 Å². The third-order valence-corrected chi connectivity index (χ3v) is 3.17. The average Bonchev–Trinajstić information content (AvgIpc) is 2.69. The fraction of sp³-hybridized carbons (Fsp3) is 0.571. The van der Waals surface area contributed by atoms with E-state index in [9.17, 15) is 5.11 Å². The lowest BCUT2D eigenvalue weighted by Crippen LogP contribution is -2.31. The molecule has 0 aromatic heterocycles. The lowest BCUT2D eigenvalue weighted by molar-refractivity contribution is 0.0625. The zero-order valence-electron chi connectivity index (χ0n) is 11.0. The summed E-state index contributed by atoms with van der Waals surface area (Å²) < 4.78 is 8.00. The standard InChI is InChI=1S/C14H21NO/c1-13(2,16)9-12-10-14(12,15)8-11-6-4-3-5-7-11/h3-7,12,16H,8-10,15H2,1-2H3/t12-,14+/m0/s1/i10D/t10-,12-,14+. The first-order valence-corrected chi connectivity index (χ1v) is 5.80. The second kappa shape index (κ2) is 3.86. The van der Waals surface area contributed by atoms with Crippen LogP contribution in [-0.4, -0.2) is 16.2 Å². The molecule has 16 heavy (non-hydrogen) atoms. The Kier molecular flexibility index (Phi) is 2.49. The molecule has 0 radical (unpaired) electrons. The Morgan fingerprint density at radius 2 is 2.12 bits per heavy atom. The maximum absolute atomic E-state index is 9.81. The van der Waals surface area contributed by atoms with E-state index in [4.69, 9.17) is 7.10 Å². The molecule has 0 bridgehead atoms. The molecule has 3 atom stereocenters. The van der Waals surface area contributed by atoms with Crippen LogP contribution in [0.3, 0.4) is 0 Å². The van der Waals surface area contributed by atoms with E-state index in [2.05, 4.69) is 0 Å². The van der Waals surface area contributed by atoms with E-state index < -0.39 is 11.1 Å². The highest BCUT2D eigenvalue weighted by molar-refractivity contribution is 5.22. The number of nitrogens with two attached hydrogens (primary N) is 1. The zero-order valence-corrected chi connectivity index (χ0v) is 9.98. The fourth-order valence-corrected chi connectivity index (χ4v) is 2.25. The quantitative estimate of drug-likeness (QED) is 0.816. The Morgan fingerprint density at radius 1 is 1.50 bits per heavy atom. The number of rotatable bonds is 4.